The van der Waals surface area contributed by atoms with Gasteiger partial charge in [-0.15, -0.1) is 12.4 Å². The van der Waals surface area contributed by atoms with Crippen LogP contribution in [0, 0.1) is 0 Å². The molecule has 4 heteroatoms. The molecule has 0 aliphatic heterocycles. The Morgan fingerprint density at radius 3 is 2.29 bits per heavy atom. The summed E-state index contributed by atoms with van der Waals surface area (Å²) >= 11 is 0. The average molecular weight is 238 g/mol. The highest BCUT2D eigenvalue weighted by Gasteiger charge is 2.15. The maximum absolute atomic E-state index is 9.26. The van der Waals surface area contributed by atoms with Crippen molar-refractivity contribution in [1.29, 1.82) is 0 Å². The molecule has 0 aliphatic rings. The Hall–Kier alpha value is -0.440. The molecule has 0 aromatic heterocycles. The largest absolute Gasteiger partial charge is 1.00 e. The first kappa shape index (κ1) is 16.0. The fraction of sp³-hybridized carbons (Fsp3) is 0.400. The third kappa shape index (κ3) is 3.74. The number of phenols is 1. The van der Waals surface area contributed by atoms with Gasteiger partial charge in [-0.1, -0.05) is 6.07 Å². The van der Waals surface area contributed by atoms with Crippen molar-refractivity contribution >= 4 is 18.1 Å². The van der Waals surface area contributed by atoms with Gasteiger partial charge in [0.1, 0.15) is 11.4 Å². The number of quaternary nitrogens is 1. The molecule has 14 heavy (non-hydrogen) atoms. The molecule has 0 fully saturated rings. The Morgan fingerprint density at radius 1 is 1.29 bits per heavy atom. The minimum atomic E-state index is 0. The molecule has 0 unspecified atom stereocenters. The molecule has 0 radical (unpaired) electrons. The van der Waals surface area contributed by atoms with Gasteiger partial charge in [0.2, 0.25) is 0 Å². The molecule has 1 rings (SSSR count). The van der Waals surface area contributed by atoms with E-state index in [9.17, 15) is 5.11 Å². The van der Waals surface area contributed by atoms with Gasteiger partial charge in [-0.25, -0.2) is 0 Å². The van der Waals surface area contributed by atoms with Crippen molar-refractivity contribution in [2.75, 3.05) is 20.6 Å². The van der Waals surface area contributed by atoms with Crippen LogP contribution in [0.5, 0.6) is 5.75 Å². The Labute approximate surface area is 98.0 Å². The zero-order valence-electron chi connectivity index (χ0n) is 8.70. The van der Waals surface area contributed by atoms with E-state index in [-0.39, 0.29) is 24.8 Å². The Bertz CT molecular complexity index is 277. The summed E-state index contributed by atoms with van der Waals surface area (Å²) in [5.74, 6) is 0.340. The van der Waals surface area contributed by atoms with Crippen molar-refractivity contribution in [3.63, 3.8) is 0 Å². The molecule has 0 heterocycles. The molecule has 0 aliphatic carbocycles. The van der Waals surface area contributed by atoms with E-state index in [1.165, 1.54) is 0 Å². The molecule has 0 bridgehead atoms. The highest BCUT2D eigenvalue weighted by molar-refractivity contribution is 5.85. The molecule has 0 atom stereocenters. The lowest BCUT2D eigenvalue weighted by Crippen LogP contribution is -3.00. The van der Waals surface area contributed by atoms with E-state index in [1.807, 2.05) is 18.2 Å². The maximum atomic E-state index is 9.26. The second kappa shape index (κ2) is 6.12. The van der Waals surface area contributed by atoms with Crippen molar-refractivity contribution in [2.45, 2.75) is 6.92 Å². The van der Waals surface area contributed by atoms with Crippen LogP contribution >= 0.6 is 12.4 Å². The lowest BCUT2D eigenvalue weighted by Gasteiger charge is -2.27. The van der Waals surface area contributed by atoms with Gasteiger partial charge in [-0.05, 0) is 19.1 Å². The first-order valence-electron chi connectivity index (χ1n) is 4.19. The maximum Gasteiger partial charge on any atom is 0.136 e. The van der Waals surface area contributed by atoms with Crippen molar-refractivity contribution in [3.05, 3.63) is 24.3 Å². The van der Waals surface area contributed by atoms with Crippen molar-refractivity contribution in [3.8, 4) is 5.75 Å². The van der Waals surface area contributed by atoms with Gasteiger partial charge in [-0.3, -0.25) is 4.48 Å². The number of aromatic hydroxyl groups is 1. The third-order valence-corrected chi connectivity index (χ3v) is 2.32. The average Bonchev–Trinajstić information content (AvgIpc) is 2.05. The number of benzene rings is 1. The van der Waals surface area contributed by atoms with E-state index < -0.39 is 0 Å². The van der Waals surface area contributed by atoms with Gasteiger partial charge in [0.05, 0.1) is 20.6 Å². The standard InChI is InChI=1S/C10H15NO.2ClH/c1-4-11(2,3)9-6-5-7-10(12)8-9;;/h5-8H,4H2,1-3H3;2*1H. The predicted molar refractivity (Wildman–Crippen MR) is 59.5 cm³/mol. The molecular weight excluding hydrogens is 221 g/mol. The van der Waals surface area contributed by atoms with Gasteiger partial charge in [0, 0.05) is 6.07 Å². The second-order valence-corrected chi connectivity index (χ2v) is 3.52. The predicted octanol–water partition coefficient (Wildman–Crippen LogP) is -0.595. The zero-order valence-corrected chi connectivity index (χ0v) is 10.3. The van der Waals surface area contributed by atoms with E-state index in [4.69, 9.17) is 0 Å². The summed E-state index contributed by atoms with van der Waals surface area (Å²) in [7, 11) is 4.24. The molecule has 1 aromatic carbocycles. The first-order valence-corrected chi connectivity index (χ1v) is 4.19. The first-order chi connectivity index (χ1) is 5.56. The van der Waals surface area contributed by atoms with Crippen LogP contribution in [0.15, 0.2) is 24.3 Å². The smallest absolute Gasteiger partial charge is 0.136 e. The van der Waals surface area contributed by atoms with E-state index in [0.717, 1.165) is 16.7 Å². The summed E-state index contributed by atoms with van der Waals surface area (Å²) in [5.41, 5.74) is 1.14. The number of nitrogens with zero attached hydrogens (tertiary/aromatic N) is 1. The number of phenolic OH excluding ortho intramolecular Hbond substituents is 1. The van der Waals surface area contributed by atoms with Crippen LogP contribution in [0.25, 0.3) is 0 Å². The van der Waals surface area contributed by atoms with Crippen molar-refractivity contribution in [2.24, 2.45) is 0 Å². The van der Waals surface area contributed by atoms with Gasteiger partial charge in [-0.2, -0.15) is 0 Å². The number of rotatable bonds is 2. The quantitative estimate of drug-likeness (QED) is 0.682. The van der Waals surface area contributed by atoms with Crippen LogP contribution in [0.4, 0.5) is 5.69 Å². The molecular formula is C10H17Cl2NO. The minimum Gasteiger partial charge on any atom is -1.00 e. The monoisotopic (exact) mass is 237 g/mol. The third-order valence-electron chi connectivity index (χ3n) is 2.32. The SMILES string of the molecule is CC[N+](C)(C)c1cccc(O)c1.Cl.[Cl-]. The van der Waals surface area contributed by atoms with Crippen LogP contribution in [0.2, 0.25) is 0 Å². The highest BCUT2D eigenvalue weighted by Crippen LogP contribution is 2.22. The van der Waals surface area contributed by atoms with Crippen LogP contribution in [0.3, 0.4) is 0 Å². The van der Waals surface area contributed by atoms with Gasteiger partial charge >= 0.3 is 0 Å². The van der Waals surface area contributed by atoms with Crippen LogP contribution < -0.4 is 16.9 Å². The molecule has 2 nitrogen and oxygen atoms in total. The fourth-order valence-corrected chi connectivity index (χ4v) is 1.05. The van der Waals surface area contributed by atoms with Crippen LogP contribution in [0.1, 0.15) is 6.92 Å². The molecule has 0 saturated heterocycles. The zero-order chi connectivity index (χ0) is 9.19. The Morgan fingerprint density at radius 2 is 1.86 bits per heavy atom. The summed E-state index contributed by atoms with van der Waals surface area (Å²) in [5, 5.41) is 9.26. The summed E-state index contributed by atoms with van der Waals surface area (Å²) in [6, 6.07) is 7.41. The number of hydrogen-bond acceptors (Lipinski definition) is 1. The summed E-state index contributed by atoms with van der Waals surface area (Å²) in [4.78, 5) is 0. The van der Waals surface area contributed by atoms with Crippen molar-refractivity contribution < 1.29 is 17.5 Å². The van der Waals surface area contributed by atoms with Gasteiger partial charge in [0.15, 0.2) is 0 Å². The van der Waals surface area contributed by atoms with Crippen LogP contribution in [-0.4, -0.2) is 25.7 Å². The fourth-order valence-electron chi connectivity index (χ4n) is 1.05. The van der Waals surface area contributed by atoms with Crippen LogP contribution in [-0.2, 0) is 0 Å². The highest BCUT2D eigenvalue weighted by atomic mass is 35.5. The lowest BCUT2D eigenvalue weighted by molar-refractivity contribution is -0.00000392. The molecule has 82 valence electrons. The molecule has 0 saturated carbocycles. The molecule has 0 spiro atoms. The van der Waals surface area contributed by atoms with E-state index in [0.29, 0.717) is 5.75 Å². The normalized spacial score (nSPS) is 9.93. The number of halogens is 2. The Kier molecular flexibility index (Phi) is 7.00. The van der Waals surface area contributed by atoms with Gasteiger partial charge < -0.3 is 17.5 Å². The molecule has 0 amide bonds. The summed E-state index contributed by atoms with van der Waals surface area (Å²) < 4.78 is 0.800. The van der Waals surface area contributed by atoms with E-state index >= 15 is 0 Å². The van der Waals surface area contributed by atoms with Crippen molar-refractivity contribution in [1.82, 2.24) is 4.48 Å². The summed E-state index contributed by atoms with van der Waals surface area (Å²) in [6.45, 7) is 3.15. The molecule has 1 aromatic rings. The lowest BCUT2D eigenvalue weighted by atomic mass is 10.2. The van der Waals surface area contributed by atoms with Gasteiger partial charge in [0.25, 0.3) is 0 Å². The topological polar surface area (TPSA) is 20.2 Å². The minimum absolute atomic E-state index is 0. The van der Waals surface area contributed by atoms with E-state index in [2.05, 4.69) is 21.0 Å². The van der Waals surface area contributed by atoms with E-state index in [1.54, 1.807) is 6.07 Å². The molecule has 1 N–H and O–H groups in total. The number of hydrogen-bond donors (Lipinski definition) is 1. The Balaban J connectivity index is 0. The second-order valence-electron chi connectivity index (χ2n) is 3.52. The summed E-state index contributed by atoms with van der Waals surface area (Å²) in [6.07, 6.45) is 0.